The first kappa shape index (κ1) is 13.6. The van der Waals surface area contributed by atoms with Crippen LogP contribution in [-0.2, 0) is 12.7 Å². The van der Waals surface area contributed by atoms with Gasteiger partial charge in [-0.05, 0) is 28.7 Å². The summed E-state index contributed by atoms with van der Waals surface area (Å²) in [5.74, 6) is 0. The SMILES string of the molecule is NCc1nc(C(F)(F)F)c(I)cc1C(F)F. The standard InChI is InChI=1S/C8H6F5IN2/c9-7(10)3-1-4(14)6(8(11,12)13)16-5(3)2-15/h1,7H,2,15H2. The van der Waals surface area contributed by atoms with E-state index in [0.717, 1.165) is 6.07 Å². The van der Waals surface area contributed by atoms with Gasteiger partial charge >= 0.3 is 6.18 Å². The van der Waals surface area contributed by atoms with Crippen LogP contribution in [0.25, 0.3) is 0 Å². The number of rotatable bonds is 2. The number of nitrogens with zero attached hydrogens (tertiary/aromatic N) is 1. The van der Waals surface area contributed by atoms with E-state index in [0.29, 0.717) is 0 Å². The molecule has 0 saturated heterocycles. The molecule has 8 heteroatoms. The zero-order valence-electron chi connectivity index (χ0n) is 7.65. The summed E-state index contributed by atoms with van der Waals surface area (Å²) in [4.78, 5) is 3.15. The number of nitrogens with two attached hydrogens (primary N) is 1. The molecule has 1 rings (SSSR count). The molecule has 0 amide bonds. The molecule has 0 aliphatic carbocycles. The Bertz CT molecular complexity index is 391. The number of alkyl halides is 5. The second-order valence-corrected chi connectivity index (χ2v) is 4.02. The van der Waals surface area contributed by atoms with Crippen LogP contribution in [0.3, 0.4) is 0 Å². The van der Waals surface area contributed by atoms with E-state index in [9.17, 15) is 22.0 Å². The molecule has 2 N–H and O–H groups in total. The van der Waals surface area contributed by atoms with Crippen LogP contribution in [-0.4, -0.2) is 4.98 Å². The summed E-state index contributed by atoms with van der Waals surface area (Å²) in [5, 5.41) is 0. The first-order chi connectivity index (χ1) is 7.27. The van der Waals surface area contributed by atoms with Gasteiger partial charge < -0.3 is 5.73 Å². The fourth-order valence-corrected chi connectivity index (χ4v) is 1.85. The Kier molecular flexibility index (Phi) is 4.05. The molecule has 0 aliphatic heterocycles. The lowest BCUT2D eigenvalue weighted by Crippen LogP contribution is -2.15. The van der Waals surface area contributed by atoms with Crippen LogP contribution < -0.4 is 5.73 Å². The molecule has 0 spiro atoms. The van der Waals surface area contributed by atoms with Crippen LogP contribution in [0, 0.1) is 3.57 Å². The molecule has 90 valence electrons. The normalized spacial score (nSPS) is 12.2. The summed E-state index contributed by atoms with van der Waals surface area (Å²) in [6, 6.07) is 0.767. The molecule has 0 aromatic carbocycles. The highest BCUT2D eigenvalue weighted by Gasteiger charge is 2.36. The topological polar surface area (TPSA) is 38.9 Å². The van der Waals surface area contributed by atoms with Gasteiger partial charge in [0, 0.05) is 15.7 Å². The third kappa shape index (κ3) is 2.78. The van der Waals surface area contributed by atoms with Crippen molar-refractivity contribution in [2.45, 2.75) is 19.1 Å². The predicted molar refractivity (Wildman–Crippen MR) is 54.8 cm³/mol. The van der Waals surface area contributed by atoms with E-state index >= 15 is 0 Å². The lowest BCUT2D eigenvalue weighted by atomic mass is 10.1. The van der Waals surface area contributed by atoms with Crippen molar-refractivity contribution in [3.8, 4) is 0 Å². The van der Waals surface area contributed by atoms with Gasteiger partial charge in [0.1, 0.15) is 0 Å². The van der Waals surface area contributed by atoms with Crippen LogP contribution in [0.4, 0.5) is 22.0 Å². The fourth-order valence-electron chi connectivity index (χ4n) is 1.09. The van der Waals surface area contributed by atoms with E-state index in [2.05, 4.69) is 4.98 Å². The van der Waals surface area contributed by atoms with E-state index in [1.165, 1.54) is 22.6 Å². The van der Waals surface area contributed by atoms with Crippen molar-refractivity contribution in [2.24, 2.45) is 5.73 Å². The maximum Gasteiger partial charge on any atom is 0.434 e. The highest BCUT2D eigenvalue weighted by atomic mass is 127. The average Bonchev–Trinajstić information content (AvgIpc) is 2.15. The molecule has 1 aromatic heterocycles. The second-order valence-electron chi connectivity index (χ2n) is 2.86. The largest absolute Gasteiger partial charge is 0.434 e. The van der Waals surface area contributed by atoms with E-state index in [-0.39, 0.29) is 3.57 Å². The van der Waals surface area contributed by atoms with E-state index in [1.807, 2.05) is 0 Å². The summed E-state index contributed by atoms with van der Waals surface area (Å²) in [6.07, 6.45) is -7.55. The molecule has 0 unspecified atom stereocenters. The van der Waals surface area contributed by atoms with Gasteiger partial charge in [-0.2, -0.15) is 13.2 Å². The lowest BCUT2D eigenvalue weighted by Gasteiger charge is -2.13. The van der Waals surface area contributed by atoms with E-state index in [1.54, 1.807) is 0 Å². The van der Waals surface area contributed by atoms with Crippen molar-refractivity contribution < 1.29 is 22.0 Å². The smallest absolute Gasteiger partial charge is 0.325 e. The Morgan fingerprint density at radius 1 is 1.38 bits per heavy atom. The van der Waals surface area contributed by atoms with Gasteiger partial charge in [0.05, 0.1) is 5.69 Å². The lowest BCUT2D eigenvalue weighted by molar-refractivity contribution is -0.142. The van der Waals surface area contributed by atoms with Crippen LogP contribution in [0.15, 0.2) is 6.07 Å². The minimum atomic E-state index is -4.67. The minimum Gasteiger partial charge on any atom is -0.325 e. The van der Waals surface area contributed by atoms with Crippen LogP contribution >= 0.6 is 22.6 Å². The van der Waals surface area contributed by atoms with Gasteiger partial charge in [-0.15, -0.1) is 0 Å². The van der Waals surface area contributed by atoms with Gasteiger partial charge in [0.25, 0.3) is 6.43 Å². The Labute approximate surface area is 101 Å². The Hall–Kier alpha value is -0.510. The molecule has 0 fully saturated rings. The molecule has 1 aromatic rings. The van der Waals surface area contributed by atoms with Gasteiger partial charge in [-0.25, -0.2) is 13.8 Å². The number of hydrogen-bond donors (Lipinski definition) is 1. The minimum absolute atomic E-state index is 0.363. The number of pyridine rings is 1. The average molecular weight is 352 g/mol. The van der Waals surface area contributed by atoms with Crippen molar-refractivity contribution in [1.29, 1.82) is 0 Å². The molecule has 0 bridgehead atoms. The fraction of sp³-hybridized carbons (Fsp3) is 0.375. The van der Waals surface area contributed by atoms with Crippen LogP contribution in [0.5, 0.6) is 0 Å². The van der Waals surface area contributed by atoms with Crippen LogP contribution in [0.2, 0.25) is 0 Å². The predicted octanol–water partition coefficient (Wildman–Crippen LogP) is 3.10. The molecular weight excluding hydrogens is 346 g/mol. The van der Waals surface area contributed by atoms with Gasteiger partial charge in [0.2, 0.25) is 0 Å². The number of hydrogen-bond acceptors (Lipinski definition) is 2. The summed E-state index contributed by atoms with van der Waals surface area (Å²) >= 11 is 1.32. The third-order valence-electron chi connectivity index (χ3n) is 1.79. The van der Waals surface area contributed by atoms with Crippen molar-refractivity contribution in [2.75, 3.05) is 0 Å². The Balaban J connectivity index is 3.37. The molecule has 1 heterocycles. The molecule has 0 saturated carbocycles. The first-order valence-corrected chi connectivity index (χ1v) is 5.10. The quantitative estimate of drug-likeness (QED) is 0.656. The second kappa shape index (κ2) is 4.78. The monoisotopic (exact) mass is 352 g/mol. The number of aromatic nitrogens is 1. The highest BCUT2D eigenvalue weighted by Crippen LogP contribution is 2.34. The summed E-state index contributed by atoms with van der Waals surface area (Å²) in [6.45, 7) is -0.459. The molecule has 16 heavy (non-hydrogen) atoms. The summed E-state index contributed by atoms with van der Waals surface area (Å²) in [7, 11) is 0. The summed E-state index contributed by atoms with van der Waals surface area (Å²) < 4.78 is 61.7. The third-order valence-corrected chi connectivity index (χ3v) is 2.61. The van der Waals surface area contributed by atoms with Crippen molar-refractivity contribution in [3.05, 3.63) is 26.6 Å². The van der Waals surface area contributed by atoms with Gasteiger partial charge in [-0.1, -0.05) is 0 Å². The molecule has 0 radical (unpaired) electrons. The highest BCUT2D eigenvalue weighted by molar-refractivity contribution is 14.1. The molecule has 0 atom stereocenters. The van der Waals surface area contributed by atoms with E-state index < -0.39 is 36.1 Å². The Morgan fingerprint density at radius 2 is 1.94 bits per heavy atom. The molecular formula is C8H6F5IN2. The molecule has 2 nitrogen and oxygen atoms in total. The Morgan fingerprint density at radius 3 is 2.31 bits per heavy atom. The van der Waals surface area contributed by atoms with Crippen molar-refractivity contribution >= 4 is 22.6 Å². The molecule has 0 aliphatic rings. The van der Waals surface area contributed by atoms with Crippen molar-refractivity contribution in [1.82, 2.24) is 4.98 Å². The van der Waals surface area contributed by atoms with Crippen molar-refractivity contribution in [3.63, 3.8) is 0 Å². The maximum absolute atomic E-state index is 12.4. The maximum atomic E-state index is 12.4. The number of halogens is 6. The van der Waals surface area contributed by atoms with Crippen LogP contribution in [0.1, 0.15) is 23.4 Å². The summed E-state index contributed by atoms with van der Waals surface area (Å²) in [5.41, 5.74) is 2.92. The van der Waals surface area contributed by atoms with E-state index in [4.69, 9.17) is 5.73 Å². The zero-order chi connectivity index (χ0) is 12.5. The van der Waals surface area contributed by atoms with Gasteiger partial charge in [-0.3, -0.25) is 0 Å². The van der Waals surface area contributed by atoms with Gasteiger partial charge in [0.15, 0.2) is 5.69 Å². The first-order valence-electron chi connectivity index (χ1n) is 4.02. The zero-order valence-corrected chi connectivity index (χ0v) is 9.81.